The van der Waals surface area contributed by atoms with Crippen molar-refractivity contribution in [2.75, 3.05) is 40.0 Å². The van der Waals surface area contributed by atoms with Gasteiger partial charge in [0.05, 0.1) is 31.6 Å². The Morgan fingerprint density at radius 1 is 1.03 bits per heavy atom. The van der Waals surface area contributed by atoms with E-state index >= 15 is 0 Å². The molecule has 1 aromatic heterocycles. The van der Waals surface area contributed by atoms with E-state index in [9.17, 15) is 4.79 Å². The van der Waals surface area contributed by atoms with E-state index in [1.807, 2.05) is 60.8 Å². The molecule has 0 unspecified atom stereocenters. The molecule has 2 heterocycles. The number of ether oxygens (including phenoxy) is 2. The number of para-hydroxylation sites is 2. The van der Waals surface area contributed by atoms with Crippen LogP contribution >= 0.6 is 0 Å². The maximum atomic E-state index is 13.7. The fourth-order valence-corrected chi connectivity index (χ4v) is 5.48. The number of hydrogen-bond donors (Lipinski definition) is 1. The third-order valence-corrected chi connectivity index (χ3v) is 7.39. The van der Waals surface area contributed by atoms with E-state index in [0.717, 1.165) is 50.4 Å². The number of rotatable bonds is 7. The van der Waals surface area contributed by atoms with Gasteiger partial charge in [-0.1, -0.05) is 49.6 Å². The third kappa shape index (κ3) is 4.97. The lowest BCUT2D eigenvalue weighted by Crippen LogP contribution is -2.59. The molecule has 2 aliphatic rings. The fourth-order valence-electron chi connectivity index (χ4n) is 5.48. The molecule has 1 N–H and O–H groups in total. The van der Waals surface area contributed by atoms with Crippen LogP contribution in [0.2, 0.25) is 0 Å². The summed E-state index contributed by atoms with van der Waals surface area (Å²) in [7, 11) is 1.64. The van der Waals surface area contributed by atoms with E-state index in [4.69, 9.17) is 14.6 Å². The van der Waals surface area contributed by atoms with Gasteiger partial charge in [-0.2, -0.15) is 5.10 Å². The van der Waals surface area contributed by atoms with Gasteiger partial charge in [0.15, 0.2) is 0 Å². The molecule has 35 heavy (non-hydrogen) atoms. The summed E-state index contributed by atoms with van der Waals surface area (Å²) in [5.74, 6) is 0.586. The average molecular weight is 475 g/mol. The SMILES string of the molecule is COc1ccccc1-c1nn(-c2ccccc2)cc1C(=O)NCC1(N2CCOCC2)CCCCC1. The number of methoxy groups -OCH3 is 1. The predicted molar refractivity (Wildman–Crippen MR) is 136 cm³/mol. The number of carbonyl (C=O) groups is 1. The number of morpholine rings is 1. The highest BCUT2D eigenvalue weighted by molar-refractivity contribution is 6.00. The van der Waals surface area contributed by atoms with Crippen LogP contribution in [0.25, 0.3) is 16.9 Å². The van der Waals surface area contributed by atoms with E-state index in [1.54, 1.807) is 11.8 Å². The van der Waals surface area contributed by atoms with Gasteiger partial charge in [-0.15, -0.1) is 0 Å². The minimum Gasteiger partial charge on any atom is -0.496 e. The summed E-state index contributed by atoms with van der Waals surface area (Å²) in [6.07, 6.45) is 7.71. The standard InChI is InChI=1S/C28H34N4O3/c1-34-25-13-7-6-12-23(25)26-24(20-32(30-26)22-10-4-2-5-11-22)27(33)29-21-28(14-8-3-9-15-28)31-16-18-35-19-17-31/h2,4-7,10-13,20H,3,8-9,14-19,21H2,1H3,(H,29,33). The second-order valence-corrected chi connectivity index (χ2v) is 9.44. The number of amides is 1. The van der Waals surface area contributed by atoms with Crippen molar-refractivity contribution in [3.8, 4) is 22.7 Å². The smallest absolute Gasteiger partial charge is 0.255 e. The molecule has 1 aliphatic heterocycles. The molecule has 184 valence electrons. The van der Waals surface area contributed by atoms with Crippen LogP contribution in [0.1, 0.15) is 42.5 Å². The zero-order valence-corrected chi connectivity index (χ0v) is 20.4. The van der Waals surface area contributed by atoms with Crippen molar-refractivity contribution in [2.45, 2.75) is 37.6 Å². The summed E-state index contributed by atoms with van der Waals surface area (Å²) in [6.45, 7) is 4.01. The second kappa shape index (κ2) is 10.6. The van der Waals surface area contributed by atoms with Crippen LogP contribution in [0.3, 0.4) is 0 Å². The molecule has 1 amide bonds. The number of carbonyl (C=O) groups excluding carboxylic acids is 1. The number of benzene rings is 2. The number of hydrogen-bond acceptors (Lipinski definition) is 5. The molecule has 0 bridgehead atoms. The summed E-state index contributed by atoms with van der Waals surface area (Å²) in [4.78, 5) is 16.2. The molecule has 0 atom stereocenters. The van der Waals surface area contributed by atoms with E-state index in [1.165, 1.54) is 19.3 Å². The van der Waals surface area contributed by atoms with Crippen molar-refractivity contribution in [2.24, 2.45) is 0 Å². The Hall–Kier alpha value is -3.16. The van der Waals surface area contributed by atoms with Crippen LogP contribution < -0.4 is 10.1 Å². The lowest BCUT2D eigenvalue weighted by Gasteiger charge is -2.48. The number of aromatic nitrogens is 2. The average Bonchev–Trinajstić information content (AvgIpc) is 3.39. The van der Waals surface area contributed by atoms with Gasteiger partial charge in [0.2, 0.25) is 0 Å². The molecule has 3 aromatic rings. The molecule has 1 saturated carbocycles. The van der Waals surface area contributed by atoms with E-state index in [-0.39, 0.29) is 11.4 Å². The molecule has 7 heteroatoms. The topological polar surface area (TPSA) is 68.6 Å². The number of nitrogens with zero attached hydrogens (tertiary/aromatic N) is 3. The van der Waals surface area contributed by atoms with Gasteiger partial charge >= 0.3 is 0 Å². The Morgan fingerprint density at radius 3 is 2.49 bits per heavy atom. The van der Waals surface area contributed by atoms with Crippen molar-refractivity contribution >= 4 is 5.91 Å². The highest BCUT2D eigenvalue weighted by Crippen LogP contribution is 2.35. The lowest BCUT2D eigenvalue weighted by atomic mass is 9.79. The van der Waals surface area contributed by atoms with Gasteiger partial charge in [-0.25, -0.2) is 4.68 Å². The first-order chi connectivity index (χ1) is 17.2. The van der Waals surface area contributed by atoms with Crippen molar-refractivity contribution in [3.05, 3.63) is 66.4 Å². The Morgan fingerprint density at radius 2 is 1.74 bits per heavy atom. The van der Waals surface area contributed by atoms with Crippen molar-refractivity contribution in [1.82, 2.24) is 20.0 Å². The quantitative estimate of drug-likeness (QED) is 0.553. The molecule has 1 aliphatic carbocycles. The molecule has 0 radical (unpaired) electrons. The van der Waals surface area contributed by atoms with E-state index in [2.05, 4.69) is 10.2 Å². The monoisotopic (exact) mass is 474 g/mol. The summed E-state index contributed by atoms with van der Waals surface area (Å²) in [5, 5.41) is 8.13. The molecule has 0 spiro atoms. The van der Waals surface area contributed by atoms with Crippen molar-refractivity contribution < 1.29 is 14.3 Å². The highest BCUT2D eigenvalue weighted by Gasteiger charge is 2.39. The van der Waals surface area contributed by atoms with Crippen molar-refractivity contribution in [1.29, 1.82) is 0 Å². The molecule has 5 rings (SSSR count). The maximum Gasteiger partial charge on any atom is 0.255 e. The van der Waals surface area contributed by atoms with E-state index < -0.39 is 0 Å². The van der Waals surface area contributed by atoms with Gasteiger partial charge in [-0.3, -0.25) is 9.69 Å². The van der Waals surface area contributed by atoms with Gasteiger partial charge < -0.3 is 14.8 Å². The Bertz CT molecular complexity index is 1130. The first kappa shape index (κ1) is 23.6. The zero-order chi connectivity index (χ0) is 24.1. The van der Waals surface area contributed by atoms with Gasteiger partial charge in [0.1, 0.15) is 11.4 Å². The summed E-state index contributed by atoms with van der Waals surface area (Å²) >= 11 is 0. The Balaban J connectivity index is 1.46. The van der Waals surface area contributed by atoms with Crippen LogP contribution in [-0.2, 0) is 4.74 Å². The highest BCUT2D eigenvalue weighted by atomic mass is 16.5. The zero-order valence-electron chi connectivity index (χ0n) is 20.4. The van der Waals surface area contributed by atoms with Gasteiger partial charge in [-0.05, 0) is 37.1 Å². The first-order valence-corrected chi connectivity index (χ1v) is 12.6. The second-order valence-electron chi connectivity index (χ2n) is 9.44. The summed E-state index contributed by atoms with van der Waals surface area (Å²) in [5.41, 5.74) is 2.87. The van der Waals surface area contributed by atoms with E-state index in [0.29, 0.717) is 23.6 Å². The normalized spacial score (nSPS) is 18.2. The fraction of sp³-hybridized carbons (Fsp3) is 0.429. The molecule has 2 fully saturated rings. The molecule has 1 saturated heterocycles. The van der Waals surface area contributed by atoms with Gasteiger partial charge in [0, 0.05) is 36.9 Å². The predicted octanol–water partition coefficient (Wildman–Crippen LogP) is 4.31. The molecular weight excluding hydrogens is 440 g/mol. The van der Waals surface area contributed by atoms with Gasteiger partial charge in [0.25, 0.3) is 5.91 Å². The molecule has 2 aromatic carbocycles. The Labute approximate surface area is 207 Å². The summed E-state index contributed by atoms with van der Waals surface area (Å²) < 4.78 is 13.0. The van der Waals surface area contributed by atoms with Crippen LogP contribution in [0.5, 0.6) is 5.75 Å². The third-order valence-electron chi connectivity index (χ3n) is 7.39. The summed E-state index contributed by atoms with van der Waals surface area (Å²) in [6, 6.07) is 17.6. The maximum absolute atomic E-state index is 13.7. The Kier molecular flexibility index (Phi) is 7.16. The van der Waals surface area contributed by atoms with Crippen molar-refractivity contribution in [3.63, 3.8) is 0 Å². The van der Waals surface area contributed by atoms with Crippen LogP contribution in [0, 0.1) is 0 Å². The minimum absolute atomic E-state index is 0.00227. The first-order valence-electron chi connectivity index (χ1n) is 12.6. The minimum atomic E-state index is -0.105. The largest absolute Gasteiger partial charge is 0.496 e. The van der Waals surface area contributed by atoms with Crippen LogP contribution in [0.15, 0.2) is 60.8 Å². The van der Waals surface area contributed by atoms with Crippen LogP contribution in [0.4, 0.5) is 0 Å². The van der Waals surface area contributed by atoms with Crippen LogP contribution in [-0.4, -0.2) is 66.1 Å². The number of nitrogens with one attached hydrogen (secondary N) is 1. The lowest BCUT2D eigenvalue weighted by molar-refractivity contribution is -0.0361. The molecular formula is C28H34N4O3. The molecule has 7 nitrogen and oxygen atoms in total.